The molecule has 1 amide bonds. The highest BCUT2D eigenvalue weighted by molar-refractivity contribution is 14.0. The van der Waals surface area contributed by atoms with Crippen LogP contribution in [0.4, 0.5) is 0 Å². The van der Waals surface area contributed by atoms with E-state index in [1.807, 2.05) is 18.2 Å². The lowest BCUT2D eigenvalue weighted by molar-refractivity contribution is -0.128. The number of halogens is 1. The Morgan fingerprint density at radius 1 is 1.45 bits per heavy atom. The van der Waals surface area contributed by atoms with Crippen molar-refractivity contribution in [2.75, 3.05) is 34.2 Å². The van der Waals surface area contributed by atoms with E-state index in [9.17, 15) is 4.79 Å². The van der Waals surface area contributed by atoms with E-state index in [1.165, 1.54) is 0 Å². The predicted molar refractivity (Wildman–Crippen MR) is 91.4 cm³/mol. The molecule has 0 atom stereocenters. The fourth-order valence-electron chi connectivity index (χ4n) is 1.53. The van der Waals surface area contributed by atoms with Crippen LogP contribution in [0, 0.1) is 0 Å². The average molecular weight is 391 g/mol. The Balaban J connectivity index is 0.00000361. The number of carbonyl (C=O) groups is 1. The predicted octanol–water partition coefficient (Wildman–Crippen LogP) is 0.495. The summed E-state index contributed by atoms with van der Waals surface area (Å²) in [7, 11) is 5.20. The molecule has 2 N–H and O–H groups in total. The monoisotopic (exact) mass is 391 g/mol. The van der Waals surface area contributed by atoms with Gasteiger partial charge in [0.05, 0.1) is 6.54 Å². The maximum atomic E-state index is 11.9. The third-order valence-corrected chi connectivity index (χ3v) is 2.72. The van der Waals surface area contributed by atoms with Gasteiger partial charge in [-0.2, -0.15) is 0 Å². The van der Waals surface area contributed by atoms with Gasteiger partial charge in [0.2, 0.25) is 5.91 Å². The first-order chi connectivity index (χ1) is 9.17. The van der Waals surface area contributed by atoms with Gasteiger partial charge in [0.25, 0.3) is 0 Å². The lowest BCUT2D eigenvalue weighted by Gasteiger charge is -2.17. The molecule has 0 unspecified atom stereocenters. The first-order valence-electron chi connectivity index (χ1n) is 6.19. The van der Waals surface area contributed by atoms with Gasteiger partial charge >= 0.3 is 0 Å². The second-order valence-electron chi connectivity index (χ2n) is 4.06. The van der Waals surface area contributed by atoms with Gasteiger partial charge in [0.1, 0.15) is 0 Å². The van der Waals surface area contributed by atoms with Gasteiger partial charge in [-0.05, 0) is 12.1 Å². The first-order valence-corrected chi connectivity index (χ1v) is 6.19. The molecule has 0 aliphatic rings. The van der Waals surface area contributed by atoms with E-state index in [4.69, 9.17) is 0 Å². The molecule has 0 radical (unpaired) electrons. The second-order valence-corrected chi connectivity index (χ2v) is 4.06. The number of likely N-dealkylation sites (N-methyl/N-ethyl adjacent to an activating group) is 1. The van der Waals surface area contributed by atoms with Gasteiger partial charge < -0.3 is 15.5 Å². The van der Waals surface area contributed by atoms with Gasteiger partial charge in [-0.25, -0.2) is 0 Å². The quantitative estimate of drug-likeness (QED) is 0.436. The van der Waals surface area contributed by atoms with E-state index in [0.29, 0.717) is 12.5 Å². The Kier molecular flexibility index (Phi) is 9.69. The van der Waals surface area contributed by atoms with Crippen molar-refractivity contribution in [3.8, 4) is 0 Å². The molecule has 0 fully saturated rings. The number of aromatic nitrogens is 1. The van der Waals surface area contributed by atoms with Gasteiger partial charge in [0.15, 0.2) is 5.96 Å². The fraction of sp³-hybridized carbons (Fsp3) is 0.462. The van der Waals surface area contributed by atoms with Crippen LogP contribution in [0.15, 0.2) is 29.4 Å². The molecular formula is C13H22IN5O. The summed E-state index contributed by atoms with van der Waals surface area (Å²) in [5, 5.41) is 5.79. The maximum Gasteiger partial charge on any atom is 0.241 e. The summed E-state index contributed by atoms with van der Waals surface area (Å²) in [5.74, 6) is 0.624. The summed E-state index contributed by atoms with van der Waals surface area (Å²) >= 11 is 0. The van der Waals surface area contributed by atoms with Gasteiger partial charge in [0, 0.05) is 46.0 Å². The zero-order valence-electron chi connectivity index (χ0n) is 12.1. The summed E-state index contributed by atoms with van der Waals surface area (Å²) in [6, 6.07) is 5.79. The summed E-state index contributed by atoms with van der Waals surface area (Å²) in [6.07, 6.45) is 2.51. The van der Waals surface area contributed by atoms with E-state index in [0.717, 1.165) is 12.1 Å². The van der Waals surface area contributed by atoms with Crippen molar-refractivity contribution in [1.29, 1.82) is 0 Å². The molecule has 0 aromatic carbocycles. The van der Waals surface area contributed by atoms with E-state index in [1.54, 1.807) is 32.2 Å². The number of amides is 1. The Hall–Kier alpha value is -1.38. The largest absolute Gasteiger partial charge is 0.359 e. The summed E-state index contributed by atoms with van der Waals surface area (Å²) in [4.78, 5) is 21.7. The molecule has 6 nitrogen and oxygen atoms in total. The van der Waals surface area contributed by atoms with E-state index < -0.39 is 0 Å². The Labute approximate surface area is 137 Å². The van der Waals surface area contributed by atoms with E-state index in [-0.39, 0.29) is 36.4 Å². The van der Waals surface area contributed by atoms with Crippen molar-refractivity contribution in [1.82, 2.24) is 20.5 Å². The van der Waals surface area contributed by atoms with Crippen LogP contribution >= 0.6 is 24.0 Å². The van der Waals surface area contributed by atoms with Crippen LogP contribution in [0.5, 0.6) is 0 Å². The van der Waals surface area contributed by atoms with Crippen LogP contribution < -0.4 is 10.6 Å². The molecule has 0 aliphatic heterocycles. The highest BCUT2D eigenvalue weighted by Crippen LogP contribution is 1.96. The summed E-state index contributed by atoms with van der Waals surface area (Å²) in [6.45, 7) is 0.877. The van der Waals surface area contributed by atoms with Gasteiger partial charge in [-0.1, -0.05) is 6.07 Å². The van der Waals surface area contributed by atoms with Crippen LogP contribution in [-0.4, -0.2) is 56.0 Å². The van der Waals surface area contributed by atoms with E-state index in [2.05, 4.69) is 20.6 Å². The van der Waals surface area contributed by atoms with Crippen LogP contribution in [-0.2, 0) is 11.2 Å². The van der Waals surface area contributed by atoms with Crippen LogP contribution in [0.1, 0.15) is 5.69 Å². The molecule has 112 valence electrons. The van der Waals surface area contributed by atoms with Crippen LogP contribution in [0.25, 0.3) is 0 Å². The zero-order valence-corrected chi connectivity index (χ0v) is 14.4. The number of guanidine groups is 1. The minimum atomic E-state index is 0. The lowest BCUT2D eigenvalue weighted by atomic mass is 10.2. The summed E-state index contributed by atoms with van der Waals surface area (Å²) in [5.41, 5.74) is 0.987. The normalized spacial score (nSPS) is 10.4. The molecular weight excluding hydrogens is 369 g/mol. The molecule has 1 aromatic heterocycles. The highest BCUT2D eigenvalue weighted by Gasteiger charge is 2.09. The summed E-state index contributed by atoms with van der Waals surface area (Å²) < 4.78 is 0. The minimum Gasteiger partial charge on any atom is -0.359 e. The topological polar surface area (TPSA) is 69.6 Å². The minimum absolute atomic E-state index is 0. The molecule has 0 saturated heterocycles. The van der Waals surface area contributed by atoms with Crippen molar-refractivity contribution >= 4 is 35.8 Å². The molecule has 7 heteroatoms. The third kappa shape index (κ3) is 6.69. The number of nitrogens with zero attached hydrogens (tertiary/aromatic N) is 3. The first kappa shape index (κ1) is 18.6. The Bertz CT molecular complexity index is 424. The van der Waals surface area contributed by atoms with Gasteiger partial charge in [-0.3, -0.25) is 14.8 Å². The van der Waals surface area contributed by atoms with Crippen molar-refractivity contribution in [2.45, 2.75) is 6.42 Å². The molecule has 1 heterocycles. The molecule has 0 spiro atoms. The maximum absolute atomic E-state index is 11.9. The second kappa shape index (κ2) is 10.4. The molecule has 0 saturated carbocycles. The number of pyridine rings is 1. The van der Waals surface area contributed by atoms with Crippen molar-refractivity contribution in [2.24, 2.45) is 4.99 Å². The number of hydrogen-bond donors (Lipinski definition) is 2. The molecule has 0 aliphatic carbocycles. The number of rotatable bonds is 5. The Morgan fingerprint density at radius 2 is 2.20 bits per heavy atom. The zero-order chi connectivity index (χ0) is 14.1. The average Bonchev–Trinajstić information content (AvgIpc) is 2.46. The van der Waals surface area contributed by atoms with Crippen molar-refractivity contribution in [3.63, 3.8) is 0 Å². The lowest BCUT2D eigenvalue weighted by Crippen LogP contribution is -2.42. The number of hydrogen-bond acceptors (Lipinski definition) is 3. The smallest absolute Gasteiger partial charge is 0.241 e. The van der Waals surface area contributed by atoms with Crippen molar-refractivity contribution in [3.05, 3.63) is 30.1 Å². The van der Waals surface area contributed by atoms with Crippen LogP contribution in [0.2, 0.25) is 0 Å². The van der Waals surface area contributed by atoms with Crippen LogP contribution in [0.3, 0.4) is 0 Å². The standard InChI is InChI=1S/C13H21N5O.HI/c1-14-13(15-2)17-10-12(19)18(3)9-7-11-6-4-5-8-16-11;/h4-6,8H,7,9-10H2,1-3H3,(H2,14,15,17);1H. The van der Waals surface area contributed by atoms with Crippen molar-refractivity contribution < 1.29 is 4.79 Å². The molecule has 0 bridgehead atoms. The van der Waals surface area contributed by atoms with E-state index >= 15 is 0 Å². The SMILES string of the molecule is CN=C(NC)NCC(=O)N(C)CCc1ccccn1.I. The number of carbonyl (C=O) groups excluding carboxylic acids is 1. The fourth-order valence-corrected chi connectivity index (χ4v) is 1.53. The molecule has 20 heavy (non-hydrogen) atoms. The molecule has 1 aromatic rings. The Morgan fingerprint density at radius 3 is 2.75 bits per heavy atom. The third-order valence-electron chi connectivity index (χ3n) is 2.72. The number of nitrogens with one attached hydrogen (secondary N) is 2. The highest BCUT2D eigenvalue weighted by atomic mass is 127. The molecule has 1 rings (SSSR count). The number of aliphatic imine (C=N–C) groups is 1. The van der Waals surface area contributed by atoms with Gasteiger partial charge in [-0.15, -0.1) is 24.0 Å².